The highest BCUT2D eigenvalue weighted by atomic mass is 19.4. The number of hydrogen-bond acceptors (Lipinski definition) is 2. The van der Waals surface area contributed by atoms with E-state index in [1.807, 2.05) is 0 Å². The molecular formula is C13H17F3N2. The molecule has 1 fully saturated rings. The highest BCUT2D eigenvalue weighted by Crippen LogP contribution is 2.35. The van der Waals surface area contributed by atoms with Crippen molar-refractivity contribution in [1.82, 2.24) is 5.32 Å². The van der Waals surface area contributed by atoms with Crippen LogP contribution in [-0.4, -0.2) is 12.6 Å². The Morgan fingerprint density at radius 2 is 1.94 bits per heavy atom. The highest BCUT2D eigenvalue weighted by Gasteiger charge is 2.35. The third-order valence-corrected chi connectivity index (χ3v) is 3.42. The van der Waals surface area contributed by atoms with Gasteiger partial charge in [0.25, 0.3) is 0 Å². The number of alkyl halides is 3. The Hall–Kier alpha value is -1.07. The molecule has 3 N–H and O–H groups in total. The van der Waals surface area contributed by atoms with Crippen LogP contribution in [0.2, 0.25) is 0 Å². The largest absolute Gasteiger partial charge is 0.416 e. The van der Waals surface area contributed by atoms with E-state index in [1.165, 1.54) is 12.1 Å². The molecule has 5 heteroatoms. The van der Waals surface area contributed by atoms with E-state index in [-0.39, 0.29) is 12.1 Å². The van der Waals surface area contributed by atoms with Gasteiger partial charge in [-0.3, -0.25) is 0 Å². The van der Waals surface area contributed by atoms with Crippen molar-refractivity contribution in [3.63, 3.8) is 0 Å². The van der Waals surface area contributed by atoms with Gasteiger partial charge in [0.1, 0.15) is 0 Å². The van der Waals surface area contributed by atoms with Gasteiger partial charge in [0.05, 0.1) is 5.56 Å². The summed E-state index contributed by atoms with van der Waals surface area (Å²) in [7, 11) is 0. The van der Waals surface area contributed by atoms with Gasteiger partial charge in [-0.15, -0.1) is 0 Å². The van der Waals surface area contributed by atoms with Crippen molar-refractivity contribution < 1.29 is 13.2 Å². The molecule has 1 aromatic rings. The minimum Gasteiger partial charge on any atom is -0.329 e. The number of hydrogen-bond donors (Lipinski definition) is 2. The van der Waals surface area contributed by atoms with Crippen LogP contribution in [0.1, 0.15) is 36.4 Å². The average molecular weight is 258 g/mol. The molecule has 1 unspecified atom stereocenters. The summed E-state index contributed by atoms with van der Waals surface area (Å²) in [6.07, 6.45) is -1.16. The standard InChI is InChI=1S/C13H17F3N2/c14-13(15,16)11-7-2-1-6-10(11)12(8-17)18-9-4-3-5-9/h1-2,6-7,9,12,18H,3-5,8,17H2. The quantitative estimate of drug-likeness (QED) is 0.871. The summed E-state index contributed by atoms with van der Waals surface area (Å²) in [4.78, 5) is 0. The second-order valence-electron chi connectivity index (χ2n) is 4.67. The lowest BCUT2D eigenvalue weighted by Gasteiger charge is -2.32. The van der Waals surface area contributed by atoms with Crippen LogP contribution in [0.4, 0.5) is 13.2 Å². The zero-order valence-electron chi connectivity index (χ0n) is 10.0. The second kappa shape index (κ2) is 5.28. The van der Waals surface area contributed by atoms with Gasteiger partial charge in [0, 0.05) is 18.6 Å². The smallest absolute Gasteiger partial charge is 0.329 e. The van der Waals surface area contributed by atoms with E-state index in [0.717, 1.165) is 25.3 Å². The number of benzene rings is 1. The first kappa shape index (κ1) is 13.4. The minimum absolute atomic E-state index is 0.170. The predicted octanol–water partition coefficient (Wildman–Crippen LogP) is 2.85. The van der Waals surface area contributed by atoms with E-state index < -0.39 is 17.8 Å². The van der Waals surface area contributed by atoms with Gasteiger partial charge in [-0.25, -0.2) is 0 Å². The molecule has 0 aliphatic heterocycles. The Morgan fingerprint density at radius 1 is 1.28 bits per heavy atom. The Balaban J connectivity index is 2.23. The summed E-state index contributed by atoms with van der Waals surface area (Å²) in [5, 5.41) is 3.21. The fourth-order valence-corrected chi connectivity index (χ4v) is 2.20. The Bertz CT molecular complexity index is 399. The molecular weight excluding hydrogens is 241 g/mol. The van der Waals surface area contributed by atoms with Crippen LogP contribution in [0.5, 0.6) is 0 Å². The molecule has 0 spiro atoms. The van der Waals surface area contributed by atoms with Gasteiger partial charge >= 0.3 is 6.18 Å². The summed E-state index contributed by atoms with van der Waals surface area (Å²) in [6.45, 7) is 0.170. The molecule has 2 nitrogen and oxygen atoms in total. The zero-order valence-corrected chi connectivity index (χ0v) is 10.0. The molecule has 0 saturated heterocycles. The van der Waals surface area contributed by atoms with Crippen LogP contribution in [-0.2, 0) is 6.18 Å². The third-order valence-electron chi connectivity index (χ3n) is 3.42. The van der Waals surface area contributed by atoms with Crippen molar-refractivity contribution in [3.05, 3.63) is 35.4 Å². The van der Waals surface area contributed by atoms with Crippen molar-refractivity contribution >= 4 is 0 Å². The van der Waals surface area contributed by atoms with E-state index in [9.17, 15) is 13.2 Å². The Morgan fingerprint density at radius 3 is 2.44 bits per heavy atom. The molecule has 0 aromatic heterocycles. The van der Waals surface area contributed by atoms with Crippen LogP contribution >= 0.6 is 0 Å². The van der Waals surface area contributed by atoms with E-state index in [4.69, 9.17) is 5.73 Å². The summed E-state index contributed by atoms with van der Waals surface area (Å²) in [5.74, 6) is 0. The van der Waals surface area contributed by atoms with Crippen LogP contribution in [0.3, 0.4) is 0 Å². The van der Waals surface area contributed by atoms with Crippen molar-refractivity contribution in [3.8, 4) is 0 Å². The van der Waals surface area contributed by atoms with Crippen LogP contribution in [0.25, 0.3) is 0 Å². The van der Waals surface area contributed by atoms with E-state index in [2.05, 4.69) is 5.32 Å². The van der Waals surface area contributed by atoms with Gasteiger partial charge < -0.3 is 11.1 Å². The molecule has 18 heavy (non-hydrogen) atoms. The molecule has 0 radical (unpaired) electrons. The van der Waals surface area contributed by atoms with Gasteiger partial charge in [-0.1, -0.05) is 24.6 Å². The monoisotopic (exact) mass is 258 g/mol. The maximum Gasteiger partial charge on any atom is 0.416 e. The first-order valence-corrected chi connectivity index (χ1v) is 6.14. The molecule has 0 amide bonds. The van der Waals surface area contributed by atoms with Crippen molar-refractivity contribution in [2.24, 2.45) is 5.73 Å². The maximum absolute atomic E-state index is 12.9. The second-order valence-corrected chi connectivity index (χ2v) is 4.67. The third kappa shape index (κ3) is 2.84. The van der Waals surface area contributed by atoms with Gasteiger partial charge in [0.2, 0.25) is 0 Å². The molecule has 2 rings (SSSR count). The molecule has 1 aromatic carbocycles. The normalized spacial score (nSPS) is 18.4. The topological polar surface area (TPSA) is 38.0 Å². The first-order valence-electron chi connectivity index (χ1n) is 6.14. The Kier molecular flexibility index (Phi) is 3.92. The lowest BCUT2D eigenvalue weighted by molar-refractivity contribution is -0.138. The lowest BCUT2D eigenvalue weighted by atomic mass is 9.90. The summed E-state index contributed by atoms with van der Waals surface area (Å²) in [5.41, 5.74) is 5.27. The first-order chi connectivity index (χ1) is 8.52. The van der Waals surface area contributed by atoms with E-state index >= 15 is 0 Å². The van der Waals surface area contributed by atoms with Crippen LogP contribution < -0.4 is 11.1 Å². The van der Waals surface area contributed by atoms with Gasteiger partial charge in [-0.05, 0) is 24.5 Å². The number of nitrogens with two attached hydrogens (primary N) is 1. The number of rotatable bonds is 4. The molecule has 0 bridgehead atoms. The minimum atomic E-state index is -4.33. The molecule has 0 heterocycles. The van der Waals surface area contributed by atoms with Gasteiger partial charge in [0.15, 0.2) is 0 Å². The number of nitrogens with one attached hydrogen (secondary N) is 1. The van der Waals surface area contributed by atoms with Crippen molar-refractivity contribution in [2.45, 2.75) is 37.5 Å². The maximum atomic E-state index is 12.9. The SMILES string of the molecule is NCC(NC1CCC1)c1ccccc1C(F)(F)F. The van der Waals surface area contributed by atoms with Crippen LogP contribution in [0.15, 0.2) is 24.3 Å². The fraction of sp³-hybridized carbons (Fsp3) is 0.538. The summed E-state index contributed by atoms with van der Waals surface area (Å²) in [6, 6.07) is 5.53. The summed E-state index contributed by atoms with van der Waals surface area (Å²) < 4.78 is 38.7. The summed E-state index contributed by atoms with van der Waals surface area (Å²) >= 11 is 0. The van der Waals surface area contributed by atoms with Crippen molar-refractivity contribution in [2.75, 3.05) is 6.54 Å². The van der Waals surface area contributed by atoms with Crippen LogP contribution in [0, 0.1) is 0 Å². The molecule has 100 valence electrons. The molecule has 1 saturated carbocycles. The molecule has 1 aliphatic carbocycles. The Labute approximate surface area is 104 Å². The highest BCUT2D eigenvalue weighted by molar-refractivity contribution is 5.32. The predicted molar refractivity (Wildman–Crippen MR) is 64.0 cm³/mol. The molecule has 1 atom stereocenters. The van der Waals surface area contributed by atoms with E-state index in [0.29, 0.717) is 6.04 Å². The average Bonchev–Trinajstić information content (AvgIpc) is 2.27. The lowest BCUT2D eigenvalue weighted by Crippen LogP contribution is -2.41. The number of halogens is 3. The van der Waals surface area contributed by atoms with Gasteiger partial charge in [-0.2, -0.15) is 13.2 Å². The zero-order chi connectivity index (χ0) is 13.2. The van der Waals surface area contributed by atoms with E-state index in [1.54, 1.807) is 6.07 Å². The van der Waals surface area contributed by atoms with Crippen molar-refractivity contribution in [1.29, 1.82) is 0 Å². The fourth-order valence-electron chi connectivity index (χ4n) is 2.20. The molecule has 1 aliphatic rings.